The number of carbonyl (C=O) groups is 1. The third-order valence-corrected chi connectivity index (χ3v) is 4.91. The standard InChI is InChI=1S/C15H20N2O2S2/c1-11(2-3-14(18)19)4-6-16-8-13-10-21-15(17-13)12-5-7-20-9-12/h5,7,9-11,16H,2-4,6,8H2,1H3,(H,18,19). The first-order chi connectivity index (χ1) is 10.1. The molecule has 0 amide bonds. The van der Waals surface area contributed by atoms with Gasteiger partial charge in [-0.05, 0) is 36.8 Å². The molecule has 4 nitrogen and oxygen atoms in total. The van der Waals surface area contributed by atoms with Crippen LogP contribution in [0.15, 0.2) is 22.2 Å². The van der Waals surface area contributed by atoms with Gasteiger partial charge in [0.15, 0.2) is 0 Å². The van der Waals surface area contributed by atoms with Crippen LogP contribution < -0.4 is 5.32 Å². The number of carboxylic acids is 1. The minimum atomic E-state index is -0.710. The number of thiazole rings is 1. The van der Waals surface area contributed by atoms with Crippen LogP contribution in [0.1, 0.15) is 31.9 Å². The molecule has 114 valence electrons. The second kappa shape index (κ2) is 8.26. The van der Waals surface area contributed by atoms with Crippen LogP contribution in [0.4, 0.5) is 0 Å². The summed E-state index contributed by atoms with van der Waals surface area (Å²) in [5.74, 6) is -0.274. The van der Waals surface area contributed by atoms with Gasteiger partial charge in [-0.3, -0.25) is 4.79 Å². The largest absolute Gasteiger partial charge is 0.481 e. The molecule has 0 bridgehead atoms. The molecule has 0 spiro atoms. The molecule has 2 aromatic rings. The van der Waals surface area contributed by atoms with Crippen LogP contribution in [-0.4, -0.2) is 22.6 Å². The summed E-state index contributed by atoms with van der Waals surface area (Å²) in [4.78, 5) is 15.1. The van der Waals surface area contributed by atoms with Crippen LogP contribution in [0.25, 0.3) is 10.6 Å². The fraction of sp³-hybridized carbons (Fsp3) is 0.467. The van der Waals surface area contributed by atoms with Gasteiger partial charge in [-0.1, -0.05) is 6.92 Å². The molecule has 2 rings (SSSR count). The predicted molar refractivity (Wildman–Crippen MR) is 87.8 cm³/mol. The molecular weight excluding hydrogens is 304 g/mol. The van der Waals surface area contributed by atoms with Crippen molar-refractivity contribution in [3.63, 3.8) is 0 Å². The van der Waals surface area contributed by atoms with Gasteiger partial charge in [0.25, 0.3) is 0 Å². The average Bonchev–Trinajstić information content (AvgIpc) is 3.11. The van der Waals surface area contributed by atoms with Crippen LogP contribution in [-0.2, 0) is 11.3 Å². The topological polar surface area (TPSA) is 62.2 Å². The number of thiophene rings is 1. The number of aliphatic carboxylic acids is 1. The summed E-state index contributed by atoms with van der Waals surface area (Å²) in [7, 11) is 0. The van der Waals surface area contributed by atoms with E-state index in [-0.39, 0.29) is 6.42 Å². The summed E-state index contributed by atoms with van der Waals surface area (Å²) in [6.07, 6.45) is 2.00. The molecule has 1 unspecified atom stereocenters. The minimum absolute atomic E-state index is 0.261. The maximum Gasteiger partial charge on any atom is 0.303 e. The Morgan fingerprint density at radius 1 is 1.43 bits per heavy atom. The Morgan fingerprint density at radius 3 is 3.00 bits per heavy atom. The molecule has 0 aliphatic heterocycles. The summed E-state index contributed by atoms with van der Waals surface area (Å²) >= 11 is 3.36. The first-order valence-electron chi connectivity index (χ1n) is 7.04. The highest BCUT2D eigenvalue weighted by Gasteiger charge is 2.07. The third kappa shape index (κ3) is 5.57. The lowest BCUT2D eigenvalue weighted by Gasteiger charge is -2.09. The second-order valence-electron chi connectivity index (χ2n) is 5.16. The lowest BCUT2D eigenvalue weighted by atomic mass is 10.0. The predicted octanol–water partition coefficient (Wildman–Crippen LogP) is 3.85. The molecule has 0 saturated heterocycles. The molecule has 0 aliphatic carbocycles. The highest BCUT2D eigenvalue weighted by Crippen LogP contribution is 2.25. The van der Waals surface area contributed by atoms with E-state index in [2.05, 4.69) is 39.4 Å². The summed E-state index contributed by atoms with van der Waals surface area (Å²) in [5.41, 5.74) is 2.26. The Morgan fingerprint density at radius 2 is 2.29 bits per heavy atom. The molecule has 6 heteroatoms. The molecular formula is C15H20N2O2S2. The number of hydrogen-bond donors (Lipinski definition) is 2. The molecule has 1 atom stereocenters. The molecule has 2 heterocycles. The first kappa shape index (κ1) is 16.1. The second-order valence-corrected chi connectivity index (χ2v) is 6.80. The van der Waals surface area contributed by atoms with E-state index in [0.29, 0.717) is 5.92 Å². The number of nitrogens with zero attached hydrogens (tertiary/aromatic N) is 1. The molecule has 2 N–H and O–H groups in total. The lowest BCUT2D eigenvalue weighted by Crippen LogP contribution is -2.17. The van der Waals surface area contributed by atoms with Gasteiger partial charge in [-0.2, -0.15) is 11.3 Å². The van der Waals surface area contributed by atoms with E-state index in [1.165, 1.54) is 5.56 Å². The monoisotopic (exact) mass is 324 g/mol. The van der Waals surface area contributed by atoms with Crippen molar-refractivity contribution in [1.29, 1.82) is 0 Å². The minimum Gasteiger partial charge on any atom is -0.481 e. The van der Waals surface area contributed by atoms with Crippen molar-refractivity contribution in [2.75, 3.05) is 6.54 Å². The Balaban J connectivity index is 1.66. The van der Waals surface area contributed by atoms with E-state index in [1.807, 2.05) is 0 Å². The maximum absolute atomic E-state index is 10.5. The zero-order valence-electron chi connectivity index (χ0n) is 12.0. The van der Waals surface area contributed by atoms with Crippen LogP contribution >= 0.6 is 22.7 Å². The molecule has 2 aromatic heterocycles. The first-order valence-corrected chi connectivity index (χ1v) is 8.87. The zero-order chi connectivity index (χ0) is 15.1. The van der Waals surface area contributed by atoms with E-state index >= 15 is 0 Å². The van der Waals surface area contributed by atoms with E-state index in [4.69, 9.17) is 5.11 Å². The van der Waals surface area contributed by atoms with Crippen LogP contribution in [0.2, 0.25) is 0 Å². The van der Waals surface area contributed by atoms with Gasteiger partial charge in [-0.25, -0.2) is 4.98 Å². The van der Waals surface area contributed by atoms with Crippen molar-refractivity contribution >= 4 is 28.6 Å². The van der Waals surface area contributed by atoms with Crippen LogP contribution in [0.3, 0.4) is 0 Å². The highest BCUT2D eigenvalue weighted by atomic mass is 32.1. The fourth-order valence-corrected chi connectivity index (χ4v) is 3.52. The summed E-state index contributed by atoms with van der Waals surface area (Å²) in [6.45, 7) is 3.76. The Labute approximate surface area is 132 Å². The summed E-state index contributed by atoms with van der Waals surface area (Å²) in [5, 5.41) is 19.4. The van der Waals surface area contributed by atoms with E-state index < -0.39 is 5.97 Å². The quantitative estimate of drug-likeness (QED) is 0.688. The number of aromatic nitrogens is 1. The van der Waals surface area contributed by atoms with Crippen molar-refractivity contribution in [2.24, 2.45) is 5.92 Å². The van der Waals surface area contributed by atoms with Gasteiger partial charge < -0.3 is 10.4 Å². The molecule has 0 aromatic carbocycles. The fourth-order valence-electron chi connectivity index (χ4n) is 1.99. The van der Waals surface area contributed by atoms with Gasteiger partial charge in [-0.15, -0.1) is 11.3 Å². The smallest absolute Gasteiger partial charge is 0.303 e. The Bertz CT molecular complexity index is 552. The zero-order valence-corrected chi connectivity index (χ0v) is 13.7. The number of hydrogen-bond acceptors (Lipinski definition) is 5. The maximum atomic E-state index is 10.5. The van der Waals surface area contributed by atoms with Crippen molar-refractivity contribution in [1.82, 2.24) is 10.3 Å². The van der Waals surface area contributed by atoms with Gasteiger partial charge in [0, 0.05) is 29.3 Å². The summed E-state index contributed by atoms with van der Waals surface area (Å²) in [6, 6.07) is 2.09. The molecule has 0 radical (unpaired) electrons. The average molecular weight is 324 g/mol. The molecule has 21 heavy (non-hydrogen) atoms. The third-order valence-electron chi connectivity index (χ3n) is 3.29. The van der Waals surface area contributed by atoms with Gasteiger partial charge in [0.1, 0.15) is 5.01 Å². The Hall–Kier alpha value is -1.24. The van der Waals surface area contributed by atoms with Gasteiger partial charge in [0.2, 0.25) is 0 Å². The number of carboxylic acid groups (broad SMARTS) is 1. The van der Waals surface area contributed by atoms with Crippen LogP contribution in [0.5, 0.6) is 0 Å². The molecule has 0 saturated carbocycles. The summed E-state index contributed by atoms with van der Waals surface area (Å²) < 4.78 is 0. The van der Waals surface area contributed by atoms with E-state index in [1.54, 1.807) is 22.7 Å². The van der Waals surface area contributed by atoms with E-state index in [0.717, 1.165) is 36.6 Å². The van der Waals surface area contributed by atoms with Gasteiger partial charge >= 0.3 is 5.97 Å². The highest BCUT2D eigenvalue weighted by molar-refractivity contribution is 7.14. The SMILES string of the molecule is CC(CCNCc1csc(-c2ccsc2)n1)CCC(=O)O. The normalized spacial score (nSPS) is 12.4. The number of nitrogens with one attached hydrogen (secondary N) is 1. The van der Waals surface area contributed by atoms with E-state index in [9.17, 15) is 4.79 Å². The van der Waals surface area contributed by atoms with Crippen molar-refractivity contribution in [3.05, 3.63) is 27.9 Å². The Kier molecular flexibility index (Phi) is 6.35. The molecule has 0 fully saturated rings. The van der Waals surface area contributed by atoms with Crippen molar-refractivity contribution in [2.45, 2.75) is 32.7 Å². The van der Waals surface area contributed by atoms with Gasteiger partial charge in [0.05, 0.1) is 5.69 Å². The van der Waals surface area contributed by atoms with Crippen molar-refractivity contribution in [3.8, 4) is 10.6 Å². The number of rotatable bonds is 9. The van der Waals surface area contributed by atoms with Crippen molar-refractivity contribution < 1.29 is 9.90 Å². The molecule has 0 aliphatic rings. The lowest BCUT2D eigenvalue weighted by molar-refractivity contribution is -0.137. The van der Waals surface area contributed by atoms with Crippen LogP contribution in [0, 0.1) is 5.92 Å².